The molecule has 6 amide bonds. The number of hydrogen-bond donors (Lipinski definition) is 2. The van der Waals surface area contributed by atoms with E-state index in [1.807, 2.05) is 0 Å². The second-order valence-electron chi connectivity index (χ2n) is 9.28. The van der Waals surface area contributed by atoms with Crippen LogP contribution in [0, 0.1) is 17.8 Å². The van der Waals surface area contributed by atoms with Crippen molar-refractivity contribution < 1.29 is 33.8 Å². The molecule has 0 aromatic heterocycles. The number of carbonyl (C=O) groups excluding carboxylic acids is 5. The fraction of sp³-hybridized carbons (Fsp3) is 0.435. The van der Waals surface area contributed by atoms with E-state index < -0.39 is 63.1 Å². The lowest BCUT2D eigenvalue weighted by Crippen LogP contribution is -2.60. The molecule has 10 nitrogen and oxygen atoms in total. The van der Waals surface area contributed by atoms with E-state index in [-0.39, 0.29) is 24.3 Å². The Morgan fingerprint density at radius 1 is 1.14 bits per heavy atom. The molecule has 2 aliphatic carbocycles. The van der Waals surface area contributed by atoms with Crippen molar-refractivity contribution in [3.8, 4) is 11.5 Å². The summed E-state index contributed by atoms with van der Waals surface area (Å²) in [7, 11) is 2.66. The van der Waals surface area contributed by atoms with Gasteiger partial charge in [-0.25, -0.2) is 4.79 Å². The van der Waals surface area contributed by atoms with Crippen molar-refractivity contribution in [2.45, 2.75) is 28.5 Å². The van der Waals surface area contributed by atoms with Gasteiger partial charge in [-0.15, -0.1) is 23.2 Å². The van der Waals surface area contributed by atoms with E-state index in [9.17, 15) is 29.1 Å². The number of aromatic hydroxyl groups is 1. The van der Waals surface area contributed by atoms with E-state index in [1.54, 1.807) is 12.1 Å². The molecule has 2 aliphatic heterocycles. The number of methoxy groups -OCH3 is 1. The summed E-state index contributed by atoms with van der Waals surface area (Å²) in [5, 5.41) is 10.5. The molecule has 0 spiro atoms. The minimum absolute atomic E-state index is 0.101. The monoisotopic (exact) mass is 521 g/mol. The van der Waals surface area contributed by atoms with Gasteiger partial charge in [0.1, 0.15) is 0 Å². The third-order valence-corrected chi connectivity index (χ3v) is 9.18. The van der Waals surface area contributed by atoms with E-state index in [0.29, 0.717) is 16.0 Å². The van der Waals surface area contributed by atoms with Crippen LogP contribution < -0.4 is 10.5 Å². The average Bonchev–Trinajstić information content (AvgIpc) is 3.14. The SMILES string of the molecule is COc1ccc([C@H]2C3=CC[C@@H]4C(=O)N(C(N)=O)C(=O)[C@@H]4[C@@H]3C[C@@]3(Cl)C(=O)N(C)C(=O)[C@@]23Cl)cc1O. The van der Waals surface area contributed by atoms with Gasteiger partial charge in [0.25, 0.3) is 11.8 Å². The standard InChI is InChI=1S/C23H21Cl2N3O7/c1-27-19(32)22(24)8-12-10(4-5-11-15(12)18(31)28(17(11)30)21(26)34)16(23(22,25)20(27)33)9-3-6-14(35-2)13(29)7-9/h3-4,6-7,11-12,15-16,29H,5,8H2,1-2H3,(H2,26,34)/t11-,12+,15-,16-,22+,23-/m0/s1. The van der Waals surface area contributed by atoms with E-state index >= 15 is 0 Å². The third kappa shape index (κ3) is 2.75. The Morgan fingerprint density at radius 3 is 2.43 bits per heavy atom. The summed E-state index contributed by atoms with van der Waals surface area (Å²) in [4.78, 5) is 61.9. The van der Waals surface area contributed by atoms with Crippen molar-refractivity contribution in [3.63, 3.8) is 0 Å². The molecule has 0 bridgehead atoms. The first-order valence-corrected chi connectivity index (χ1v) is 11.6. The lowest BCUT2D eigenvalue weighted by molar-refractivity contribution is -0.139. The van der Waals surface area contributed by atoms with Gasteiger partial charge in [0, 0.05) is 13.0 Å². The summed E-state index contributed by atoms with van der Waals surface area (Å²) in [6.07, 6.45) is 1.61. The normalized spacial score (nSPS) is 36.1. The number of phenolic OH excluding ortho intramolecular Hbond substituents is 1. The second kappa shape index (κ2) is 7.44. The molecule has 35 heavy (non-hydrogen) atoms. The number of benzene rings is 1. The number of imide groups is 4. The molecule has 5 rings (SSSR count). The number of halogens is 2. The molecular formula is C23H21Cl2N3O7. The van der Waals surface area contributed by atoms with E-state index in [0.717, 1.165) is 4.90 Å². The number of phenols is 1. The first-order valence-electron chi connectivity index (χ1n) is 10.8. The maximum Gasteiger partial charge on any atom is 0.328 e. The highest BCUT2D eigenvalue weighted by Gasteiger charge is 2.76. The van der Waals surface area contributed by atoms with Crippen molar-refractivity contribution in [1.29, 1.82) is 0 Å². The highest BCUT2D eigenvalue weighted by molar-refractivity contribution is 6.53. The Labute approximate surface area is 209 Å². The summed E-state index contributed by atoms with van der Waals surface area (Å²) < 4.78 is 5.11. The number of rotatable bonds is 2. The maximum absolute atomic E-state index is 13.4. The Hall–Kier alpha value is -3.11. The topological polar surface area (TPSA) is 147 Å². The Bertz CT molecular complexity index is 1270. The number of nitrogens with two attached hydrogens (primary N) is 1. The molecule has 4 aliphatic rings. The van der Waals surface area contributed by atoms with Crippen LogP contribution in [0.5, 0.6) is 11.5 Å². The second-order valence-corrected chi connectivity index (χ2v) is 10.5. The average molecular weight is 522 g/mol. The first kappa shape index (κ1) is 23.6. The molecule has 2 heterocycles. The van der Waals surface area contributed by atoms with Gasteiger partial charge in [0.2, 0.25) is 11.8 Å². The van der Waals surface area contributed by atoms with Gasteiger partial charge in [-0.3, -0.25) is 24.1 Å². The van der Waals surface area contributed by atoms with Crippen LogP contribution in [-0.4, -0.2) is 68.5 Å². The van der Waals surface area contributed by atoms with Gasteiger partial charge in [-0.2, -0.15) is 4.90 Å². The number of allylic oxidation sites excluding steroid dienone is 2. The highest BCUT2D eigenvalue weighted by atomic mass is 35.5. The van der Waals surface area contributed by atoms with Gasteiger partial charge in [0.05, 0.1) is 18.9 Å². The molecule has 0 unspecified atom stereocenters. The highest BCUT2D eigenvalue weighted by Crippen LogP contribution is 2.65. The van der Waals surface area contributed by atoms with Crippen LogP contribution in [0.4, 0.5) is 4.79 Å². The molecule has 1 aromatic rings. The number of likely N-dealkylation sites (tertiary alicyclic amines) is 2. The molecule has 1 saturated carbocycles. The zero-order valence-corrected chi connectivity index (χ0v) is 20.2. The summed E-state index contributed by atoms with van der Waals surface area (Å²) >= 11 is 14.0. The molecule has 184 valence electrons. The lowest BCUT2D eigenvalue weighted by Gasteiger charge is -2.50. The Kier molecular flexibility index (Phi) is 5.02. The van der Waals surface area contributed by atoms with Gasteiger partial charge >= 0.3 is 6.03 Å². The van der Waals surface area contributed by atoms with E-state index in [2.05, 4.69) is 0 Å². The quantitative estimate of drug-likeness (QED) is 0.340. The number of nitrogens with zero attached hydrogens (tertiary/aromatic N) is 2. The summed E-state index contributed by atoms with van der Waals surface area (Å²) in [6.45, 7) is 0. The summed E-state index contributed by atoms with van der Waals surface area (Å²) in [6, 6.07) is 3.27. The molecule has 3 N–H and O–H groups in total. The number of amides is 6. The number of alkyl halides is 2. The van der Waals surface area contributed by atoms with Crippen molar-refractivity contribution in [3.05, 3.63) is 35.4 Å². The number of urea groups is 1. The van der Waals surface area contributed by atoms with Gasteiger partial charge < -0.3 is 15.6 Å². The van der Waals surface area contributed by atoms with Gasteiger partial charge in [-0.05, 0) is 36.5 Å². The van der Waals surface area contributed by atoms with E-state index in [4.69, 9.17) is 33.7 Å². The third-order valence-electron chi connectivity index (χ3n) is 7.77. The van der Waals surface area contributed by atoms with Crippen molar-refractivity contribution in [2.75, 3.05) is 14.2 Å². The molecule has 3 fully saturated rings. The van der Waals surface area contributed by atoms with E-state index in [1.165, 1.54) is 26.3 Å². The molecular weight excluding hydrogens is 501 g/mol. The molecule has 1 aromatic carbocycles. The van der Waals surface area contributed by atoms with Crippen LogP contribution in [-0.2, 0) is 19.2 Å². The zero-order valence-electron chi connectivity index (χ0n) is 18.7. The number of hydrogen-bond acceptors (Lipinski definition) is 7. The number of primary amides is 1. The predicted octanol–water partition coefficient (Wildman–Crippen LogP) is 1.47. The van der Waals surface area contributed by atoms with Crippen molar-refractivity contribution >= 4 is 52.9 Å². The first-order chi connectivity index (χ1) is 16.4. The van der Waals surface area contributed by atoms with Crippen LogP contribution in [0.25, 0.3) is 0 Å². The Balaban J connectivity index is 1.73. The minimum atomic E-state index is -1.97. The van der Waals surface area contributed by atoms with Crippen LogP contribution in [0.1, 0.15) is 24.3 Å². The predicted molar refractivity (Wildman–Crippen MR) is 122 cm³/mol. The maximum atomic E-state index is 13.4. The number of ether oxygens (including phenoxy) is 1. The molecule has 6 atom stereocenters. The smallest absolute Gasteiger partial charge is 0.328 e. The molecule has 0 radical (unpaired) electrons. The van der Waals surface area contributed by atoms with Gasteiger partial charge in [-0.1, -0.05) is 17.7 Å². The zero-order chi connectivity index (χ0) is 25.6. The summed E-state index contributed by atoms with van der Waals surface area (Å²) in [5.74, 6) is -6.64. The van der Waals surface area contributed by atoms with Crippen LogP contribution in [0.2, 0.25) is 0 Å². The molecule has 12 heteroatoms. The minimum Gasteiger partial charge on any atom is -0.504 e. The number of carbonyl (C=O) groups is 5. The number of fused-ring (bicyclic) bond motifs is 4. The summed E-state index contributed by atoms with van der Waals surface area (Å²) in [5.41, 5.74) is 6.20. The fourth-order valence-corrected chi connectivity index (χ4v) is 7.24. The fourth-order valence-electron chi connectivity index (χ4n) is 6.22. The van der Waals surface area contributed by atoms with Crippen LogP contribution in [0.3, 0.4) is 0 Å². The largest absolute Gasteiger partial charge is 0.504 e. The van der Waals surface area contributed by atoms with Crippen molar-refractivity contribution in [2.24, 2.45) is 23.5 Å². The van der Waals surface area contributed by atoms with Crippen LogP contribution in [0.15, 0.2) is 29.8 Å². The Morgan fingerprint density at radius 2 is 1.83 bits per heavy atom. The van der Waals surface area contributed by atoms with Crippen molar-refractivity contribution in [1.82, 2.24) is 9.80 Å². The lowest BCUT2D eigenvalue weighted by atomic mass is 9.56. The van der Waals surface area contributed by atoms with Gasteiger partial charge in [0.15, 0.2) is 21.2 Å². The van der Waals surface area contributed by atoms with Crippen LogP contribution >= 0.6 is 23.2 Å². The molecule has 2 saturated heterocycles.